The third kappa shape index (κ3) is 2.19. The summed E-state index contributed by atoms with van der Waals surface area (Å²) in [6.45, 7) is 4.62. The maximum absolute atomic E-state index is 6.06. The first-order valence-corrected chi connectivity index (χ1v) is 5.01. The average Bonchev–Trinajstić information content (AvgIpc) is 1.97. The smallest absolute Gasteiger partial charge is 0.00697 e. The second-order valence-corrected chi connectivity index (χ2v) is 4.02. The summed E-state index contributed by atoms with van der Waals surface area (Å²) in [6, 6.07) is 0.499. The molecule has 3 unspecified atom stereocenters. The van der Waals surface area contributed by atoms with Crippen molar-refractivity contribution in [3.63, 3.8) is 0 Å². The average molecular weight is 155 g/mol. The van der Waals surface area contributed by atoms with Crippen LogP contribution in [0.1, 0.15) is 46.0 Å². The summed E-state index contributed by atoms with van der Waals surface area (Å²) < 4.78 is 0. The highest BCUT2D eigenvalue weighted by molar-refractivity contribution is 4.81. The molecule has 1 fully saturated rings. The van der Waals surface area contributed by atoms with Crippen LogP contribution < -0.4 is 5.73 Å². The van der Waals surface area contributed by atoms with Gasteiger partial charge in [0.1, 0.15) is 0 Å². The lowest BCUT2D eigenvalue weighted by Gasteiger charge is -2.34. The molecule has 0 aromatic carbocycles. The maximum Gasteiger partial charge on any atom is 0.00697 e. The first-order chi connectivity index (χ1) is 5.25. The summed E-state index contributed by atoms with van der Waals surface area (Å²) in [7, 11) is 0. The van der Waals surface area contributed by atoms with E-state index in [1.165, 1.54) is 32.1 Å². The van der Waals surface area contributed by atoms with E-state index < -0.39 is 0 Å². The monoisotopic (exact) mass is 155 g/mol. The Hall–Kier alpha value is -0.0400. The van der Waals surface area contributed by atoms with Gasteiger partial charge in [0.2, 0.25) is 0 Å². The summed E-state index contributed by atoms with van der Waals surface area (Å²) in [5.41, 5.74) is 6.06. The largest absolute Gasteiger partial charge is 0.327 e. The molecule has 0 amide bonds. The van der Waals surface area contributed by atoms with Crippen LogP contribution in [0.4, 0.5) is 0 Å². The zero-order valence-electron chi connectivity index (χ0n) is 7.84. The van der Waals surface area contributed by atoms with Crippen LogP contribution >= 0.6 is 0 Å². The van der Waals surface area contributed by atoms with Gasteiger partial charge in [-0.05, 0) is 24.7 Å². The van der Waals surface area contributed by atoms with Crippen molar-refractivity contribution >= 4 is 0 Å². The molecule has 11 heavy (non-hydrogen) atoms. The lowest BCUT2D eigenvalue weighted by molar-refractivity contribution is 0.207. The van der Waals surface area contributed by atoms with Crippen molar-refractivity contribution < 1.29 is 0 Å². The molecule has 1 aliphatic rings. The second kappa shape index (κ2) is 4.10. The van der Waals surface area contributed by atoms with Crippen LogP contribution in [0.5, 0.6) is 0 Å². The third-order valence-corrected chi connectivity index (χ3v) is 3.10. The van der Waals surface area contributed by atoms with Gasteiger partial charge in [-0.2, -0.15) is 0 Å². The van der Waals surface area contributed by atoms with E-state index in [0.717, 1.165) is 11.8 Å². The van der Waals surface area contributed by atoms with E-state index >= 15 is 0 Å². The Kier molecular flexibility index (Phi) is 3.38. The first-order valence-electron chi connectivity index (χ1n) is 5.01. The van der Waals surface area contributed by atoms with Crippen molar-refractivity contribution in [2.75, 3.05) is 0 Å². The molecule has 3 atom stereocenters. The van der Waals surface area contributed by atoms with Gasteiger partial charge in [-0.25, -0.2) is 0 Å². The highest BCUT2D eigenvalue weighted by atomic mass is 14.7. The van der Waals surface area contributed by atoms with E-state index in [1.54, 1.807) is 0 Å². The van der Waals surface area contributed by atoms with Gasteiger partial charge in [-0.3, -0.25) is 0 Å². The fourth-order valence-corrected chi connectivity index (χ4v) is 2.36. The SMILES string of the molecule is CCCC1C(C)CCCC1N. The summed E-state index contributed by atoms with van der Waals surface area (Å²) >= 11 is 0. The van der Waals surface area contributed by atoms with Crippen molar-refractivity contribution in [2.24, 2.45) is 17.6 Å². The molecule has 0 aromatic rings. The van der Waals surface area contributed by atoms with Gasteiger partial charge in [0.05, 0.1) is 0 Å². The fourth-order valence-electron chi connectivity index (χ4n) is 2.36. The van der Waals surface area contributed by atoms with Gasteiger partial charge >= 0.3 is 0 Å². The van der Waals surface area contributed by atoms with Crippen LogP contribution in [0.2, 0.25) is 0 Å². The Bertz CT molecular complexity index is 101. The van der Waals surface area contributed by atoms with Crippen LogP contribution in [0.15, 0.2) is 0 Å². The predicted molar refractivity (Wildman–Crippen MR) is 49.4 cm³/mol. The fraction of sp³-hybridized carbons (Fsp3) is 1.00. The molecule has 2 N–H and O–H groups in total. The van der Waals surface area contributed by atoms with Crippen LogP contribution in [-0.2, 0) is 0 Å². The number of rotatable bonds is 2. The van der Waals surface area contributed by atoms with Crippen molar-refractivity contribution in [1.82, 2.24) is 0 Å². The van der Waals surface area contributed by atoms with E-state index in [-0.39, 0.29) is 0 Å². The predicted octanol–water partition coefficient (Wildman–Crippen LogP) is 2.55. The van der Waals surface area contributed by atoms with Crippen LogP contribution in [0.3, 0.4) is 0 Å². The van der Waals surface area contributed by atoms with Crippen LogP contribution in [0.25, 0.3) is 0 Å². The summed E-state index contributed by atoms with van der Waals surface area (Å²) in [5.74, 6) is 1.69. The topological polar surface area (TPSA) is 26.0 Å². The summed E-state index contributed by atoms with van der Waals surface area (Å²) in [4.78, 5) is 0. The highest BCUT2D eigenvalue weighted by Gasteiger charge is 2.26. The van der Waals surface area contributed by atoms with Gasteiger partial charge in [0, 0.05) is 6.04 Å². The molecule has 1 nitrogen and oxygen atoms in total. The van der Waals surface area contributed by atoms with Crippen molar-refractivity contribution in [3.8, 4) is 0 Å². The van der Waals surface area contributed by atoms with Crippen molar-refractivity contribution in [2.45, 2.75) is 52.0 Å². The Morgan fingerprint density at radius 1 is 1.36 bits per heavy atom. The summed E-state index contributed by atoms with van der Waals surface area (Å²) in [6.07, 6.45) is 6.64. The Morgan fingerprint density at radius 2 is 2.09 bits per heavy atom. The molecule has 0 heterocycles. The molecule has 0 radical (unpaired) electrons. The molecule has 0 bridgehead atoms. The molecule has 1 aliphatic carbocycles. The van der Waals surface area contributed by atoms with Gasteiger partial charge < -0.3 is 5.73 Å². The Balaban J connectivity index is 2.41. The first kappa shape index (κ1) is 9.05. The van der Waals surface area contributed by atoms with Gasteiger partial charge in [0.15, 0.2) is 0 Å². The number of nitrogens with two attached hydrogens (primary N) is 1. The zero-order valence-corrected chi connectivity index (χ0v) is 7.84. The van der Waals surface area contributed by atoms with E-state index in [4.69, 9.17) is 5.73 Å². The molecule has 0 spiro atoms. The third-order valence-electron chi connectivity index (χ3n) is 3.10. The molecule has 0 saturated heterocycles. The lowest BCUT2D eigenvalue weighted by atomic mass is 9.75. The van der Waals surface area contributed by atoms with Gasteiger partial charge in [0.25, 0.3) is 0 Å². The standard InChI is InChI=1S/C10H21N/c1-3-5-9-8(2)6-4-7-10(9)11/h8-10H,3-7,11H2,1-2H3. The number of hydrogen-bond donors (Lipinski definition) is 1. The highest BCUT2D eigenvalue weighted by Crippen LogP contribution is 2.31. The van der Waals surface area contributed by atoms with Gasteiger partial charge in [-0.1, -0.05) is 33.1 Å². The minimum atomic E-state index is 0.499. The minimum Gasteiger partial charge on any atom is -0.327 e. The van der Waals surface area contributed by atoms with E-state index in [1.807, 2.05) is 0 Å². The second-order valence-electron chi connectivity index (χ2n) is 4.02. The van der Waals surface area contributed by atoms with E-state index in [2.05, 4.69) is 13.8 Å². The summed E-state index contributed by atoms with van der Waals surface area (Å²) in [5, 5.41) is 0. The molecule has 1 saturated carbocycles. The molecular formula is C10H21N. The molecule has 1 rings (SSSR count). The van der Waals surface area contributed by atoms with Gasteiger partial charge in [-0.15, -0.1) is 0 Å². The Morgan fingerprint density at radius 3 is 2.64 bits per heavy atom. The normalized spacial score (nSPS) is 39.0. The molecular weight excluding hydrogens is 134 g/mol. The molecule has 66 valence electrons. The Labute approximate surface area is 70.4 Å². The van der Waals surface area contributed by atoms with Crippen molar-refractivity contribution in [3.05, 3.63) is 0 Å². The molecule has 0 aromatic heterocycles. The maximum atomic E-state index is 6.06. The number of hydrogen-bond acceptors (Lipinski definition) is 1. The van der Waals surface area contributed by atoms with E-state index in [0.29, 0.717) is 6.04 Å². The molecule has 0 aliphatic heterocycles. The minimum absolute atomic E-state index is 0.499. The quantitative estimate of drug-likeness (QED) is 0.651. The van der Waals surface area contributed by atoms with Crippen LogP contribution in [0, 0.1) is 11.8 Å². The van der Waals surface area contributed by atoms with Crippen LogP contribution in [-0.4, -0.2) is 6.04 Å². The van der Waals surface area contributed by atoms with E-state index in [9.17, 15) is 0 Å². The molecule has 1 heteroatoms. The zero-order chi connectivity index (χ0) is 8.27. The lowest BCUT2D eigenvalue weighted by Crippen LogP contribution is -2.37. The van der Waals surface area contributed by atoms with Crippen molar-refractivity contribution in [1.29, 1.82) is 0 Å².